The first-order valence-electron chi connectivity index (χ1n) is 11.3. The van der Waals surface area contributed by atoms with Crippen LogP contribution < -0.4 is 4.74 Å². The number of carbonyl (C=O) groups is 2. The molecule has 0 saturated carbocycles. The number of aryl methyl sites for hydroxylation is 2. The lowest BCUT2D eigenvalue weighted by atomic mass is 9.90. The minimum absolute atomic E-state index is 0.100. The van der Waals surface area contributed by atoms with Gasteiger partial charge in [0.25, 0.3) is 11.7 Å². The molecule has 6 nitrogen and oxygen atoms in total. The van der Waals surface area contributed by atoms with E-state index in [1.54, 1.807) is 14.2 Å². The molecule has 176 valence electrons. The highest BCUT2D eigenvalue weighted by Crippen LogP contribution is 2.41. The summed E-state index contributed by atoms with van der Waals surface area (Å²) in [5.74, 6) is -0.609. The van der Waals surface area contributed by atoms with Crippen LogP contribution in [0.4, 0.5) is 0 Å². The third-order valence-electron chi connectivity index (χ3n) is 6.23. The topological polar surface area (TPSA) is 76.1 Å². The van der Waals surface area contributed by atoms with Gasteiger partial charge in [0.1, 0.15) is 11.5 Å². The van der Waals surface area contributed by atoms with E-state index in [2.05, 4.69) is 6.92 Å². The zero-order valence-electron chi connectivity index (χ0n) is 20.3. The Hall–Kier alpha value is -3.12. The smallest absolute Gasteiger partial charge is 0.295 e. The van der Waals surface area contributed by atoms with Crippen LogP contribution in [0, 0.1) is 6.92 Å². The van der Waals surface area contributed by atoms with E-state index in [1.165, 1.54) is 4.90 Å². The fourth-order valence-electron chi connectivity index (χ4n) is 4.31. The maximum Gasteiger partial charge on any atom is 0.295 e. The van der Waals surface area contributed by atoms with Crippen molar-refractivity contribution in [3.63, 3.8) is 0 Å². The average Bonchev–Trinajstić information content (AvgIpc) is 3.06. The lowest BCUT2D eigenvalue weighted by Crippen LogP contribution is -2.32. The highest BCUT2D eigenvalue weighted by Gasteiger charge is 2.46. The normalized spacial score (nSPS) is 17.8. The van der Waals surface area contributed by atoms with Crippen LogP contribution in [-0.4, -0.2) is 49.1 Å². The number of amides is 1. The number of ether oxygens (including phenoxy) is 2. The second kappa shape index (κ2) is 10.2. The summed E-state index contributed by atoms with van der Waals surface area (Å²) in [6, 6.07) is 10.8. The number of hydrogen-bond donors (Lipinski definition) is 1. The number of nitrogens with zero attached hydrogens (tertiary/aromatic N) is 1. The highest BCUT2D eigenvalue weighted by molar-refractivity contribution is 6.46. The molecule has 1 atom stereocenters. The molecule has 1 heterocycles. The average molecular weight is 452 g/mol. The van der Waals surface area contributed by atoms with Crippen LogP contribution in [0.3, 0.4) is 0 Å². The molecule has 6 heteroatoms. The van der Waals surface area contributed by atoms with E-state index >= 15 is 0 Å². The number of likely N-dealkylation sites (tertiary alicyclic amines) is 1. The molecule has 2 aromatic carbocycles. The number of aliphatic hydroxyl groups is 1. The van der Waals surface area contributed by atoms with Gasteiger partial charge in [-0.2, -0.15) is 0 Å². The number of benzene rings is 2. The van der Waals surface area contributed by atoms with Gasteiger partial charge in [-0.3, -0.25) is 9.59 Å². The minimum atomic E-state index is -0.686. The molecule has 1 amide bonds. The van der Waals surface area contributed by atoms with Crippen LogP contribution in [0.5, 0.6) is 5.75 Å². The SMILES string of the molecule is CCc1ccc(C2/C(=C(\O)c3cc(C(C)C)c(OC)cc3C)C(=O)C(=O)N2CCOC)cc1. The molecule has 33 heavy (non-hydrogen) atoms. The van der Waals surface area contributed by atoms with E-state index in [4.69, 9.17) is 9.47 Å². The monoisotopic (exact) mass is 451 g/mol. The Labute approximate surface area is 195 Å². The molecule has 0 radical (unpaired) electrons. The van der Waals surface area contributed by atoms with Crippen LogP contribution in [0.2, 0.25) is 0 Å². The molecular formula is C27H33NO5. The number of carbonyl (C=O) groups excluding carboxylic acids is 2. The van der Waals surface area contributed by atoms with Crippen molar-refractivity contribution in [3.8, 4) is 5.75 Å². The van der Waals surface area contributed by atoms with Gasteiger partial charge in [-0.05, 0) is 53.6 Å². The van der Waals surface area contributed by atoms with Crippen LogP contribution in [0.15, 0.2) is 42.0 Å². The van der Waals surface area contributed by atoms with Crippen molar-refractivity contribution in [2.75, 3.05) is 27.4 Å². The van der Waals surface area contributed by atoms with Gasteiger partial charge in [0.2, 0.25) is 0 Å². The number of hydrogen-bond acceptors (Lipinski definition) is 5. The largest absolute Gasteiger partial charge is 0.507 e. The third-order valence-corrected chi connectivity index (χ3v) is 6.23. The zero-order valence-corrected chi connectivity index (χ0v) is 20.3. The van der Waals surface area contributed by atoms with Crippen molar-refractivity contribution in [3.05, 3.63) is 69.8 Å². The van der Waals surface area contributed by atoms with Gasteiger partial charge < -0.3 is 19.5 Å². The molecule has 1 unspecified atom stereocenters. The molecule has 0 spiro atoms. The Balaban J connectivity index is 2.23. The summed E-state index contributed by atoms with van der Waals surface area (Å²) in [5.41, 5.74) is 4.24. The van der Waals surface area contributed by atoms with Crippen molar-refractivity contribution >= 4 is 17.4 Å². The van der Waals surface area contributed by atoms with Crippen LogP contribution in [-0.2, 0) is 20.7 Å². The predicted molar refractivity (Wildman–Crippen MR) is 129 cm³/mol. The van der Waals surface area contributed by atoms with E-state index in [9.17, 15) is 14.7 Å². The Bertz CT molecular complexity index is 1070. The first kappa shape index (κ1) is 24.5. The maximum absolute atomic E-state index is 13.2. The van der Waals surface area contributed by atoms with E-state index in [0.717, 1.165) is 34.4 Å². The van der Waals surface area contributed by atoms with Crippen LogP contribution in [0.25, 0.3) is 5.76 Å². The van der Waals surface area contributed by atoms with E-state index in [1.807, 2.05) is 57.2 Å². The fraction of sp³-hybridized carbons (Fsp3) is 0.407. The third kappa shape index (κ3) is 4.67. The van der Waals surface area contributed by atoms with Gasteiger partial charge in [0.15, 0.2) is 0 Å². The molecule has 0 bridgehead atoms. The van der Waals surface area contributed by atoms with Gasteiger partial charge in [-0.25, -0.2) is 0 Å². The predicted octanol–water partition coefficient (Wildman–Crippen LogP) is 4.76. The van der Waals surface area contributed by atoms with Gasteiger partial charge in [0, 0.05) is 19.2 Å². The Morgan fingerprint density at radius 1 is 1.12 bits per heavy atom. The van der Waals surface area contributed by atoms with Gasteiger partial charge in [-0.15, -0.1) is 0 Å². The minimum Gasteiger partial charge on any atom is -0.507 e. The number of methoxy groups -OCH3 is 2. The molecule has 1 aliphatic heterocycles. The Morgan fingerprint density at radius 3 is 2.33 bits per heavy atom. The second-order valence-corrected chi connectivity index (χ2v) is 8.64. The lowest BCUT2D eigenvalue weighted by molar-refractivity contribution is -0.140. The van der Waals surface area contributed by atoms with E-state index in [-0.39, 0.29) is 30.4 Å². The first-order chi connectivity index (χ1) is 15.7. The molecule has 1 aliphatic rings. The maximum atomic E-state index is 13.2. The van der Waals surface area contributed by atoms with Crippen LogP contribution >= 0.6 is 0 Å². The summed E-state index contributed by atoms with van der Waals surface area (Å²) < 4.78 is 10.7. The molecule has 0 aliphatic carbocycles. The molecule has 1 saturated heterocycles. The van der Waals surface area contributed by atoms with Crippen LogP contribution in [0.1, 0.15) is 60.5 Å². The molecule has 1 N–H and O–H groups in total. The number of ketones is 1. The van der Waals surface area contributed by atoms with Crippen molar-refractivity contribution in [2.24, 2.45) is 0 Å². The van der Waals surface area contributed by atoms with Crippen molar-refractivity contribution in [2.45, 2.75) is 46.1 Å². The Morgan fingerprint density at radius 2 is 1.79 bits per heavy atom. The summed E-state index contributed by atoms with van der Waals surface area (Å²) in [7, 11) is 3.16. The number of rotatable bonds is 8. The standard InChI is InChI=1S/C27H33NO5/c1-7-18-8-10-19(11-9-18)24-23(26(30)27(31)28(24)12-13-32-5)25(29)21-15-20(16(2)3)22(33-6)14-17(21)4/h8-11,14-16,24,29H,7,12-13H2,1-6H3/b25-23+. The van der Waals surface area contributed by atoms with Crippen molar-refractivity contribution in [1.82, 2.24) is 4.90 Å². The van der Waals surface area contributed by atoms with E-state index in [0.29, 0.717) is 5.56 Å². The number of aliphatic hydroxyl groups excluding tert-OH is 1. The highest BCUT2D eigenvalue weighted by atomic mass is 16.5. The Kier molecular flexibility index (Phi) is 7.59. The molecule has 3 rings (SSSR count). The zero-order chi connectivity index (χ0) is 24.3. The molecule has 1 fully saturated rings. The van der Waals surface area contributed by atoms with Gasteiger partial charge in [0.05, 0.1) is 25.3 Å². The quantitative estimate of drug-likeness (QED) is 0.356. The summed E-state index contributed by atoms with van der Waals surface area (Å²) in [6.45, 7) is 8.53. The number of Topliss-reactive ketones (excluding diaryl/α,β-unsaturated/α-hetero) is 1. The molecular weight excluding hydrogens is 418 g/mol. The second-order valence-electron chi connectivity index (χ2n) is 8.64. The van der Waals surface area contributed by atoms with Gasteiger partial charge in [-0.1, -0.05) is 45.0 Å². The summed E-state index contributed by atoms with van der Waals surface area (Å²) >= 11 is 0. The fourth-order valence-corrected chi connectivity index (χ4v) is 4.31. The lowest BCUT2D eigenvalue weighted by Gasteiger charge is -2.25. The summed E-state index contributed by atoms with van der Waals surface area (Å²) in [5, 5.41) is 11.4. The first-order valence-corrected chi connectivity index (χ1v) is 11.3. The summed E-state index contributed by atoms with van der Waals surface area (Å²) in [6.07, 6.45) is 0.882. The molecule has 2 aromatic rings. The molecule has 0 aromatic heterocycles. The summed E-state index contributed by atoms with van der Waals surface area (Å²) in [4.78, 5) is 27.6. The van der Waals surface area contributed by atoms with Crippen molar-refractivity contribution < 1.29 is 24.2 Å². The van der Waals surface area contributed by atoms with Gasteiger partial charge >= 0.3 is 0 Å². The van der Waals surface area contributed by atoms with Crippen molar-refractivity contribution in [1.29, 1.82) is 0 Å². The van der Waals surface area contributed by atoms with E-state index < -0.39 is 17.7 Å².